The van der Waals surface area contributed by atoms with Crippen LogP contribution in [0.25, 0.3) is 0 Å². The van der Waals surface area contributed by atoms with Crippen LogP contribution in [0, 0.1) is 3.57 Å². The Kier molecular flexibility index (Phi) is 4.62. The fourth-order valence-electron chi connectivity index (χ4n) is 1.47. The van der Waals surface area contributed by atoms with Crippen LogP contribution in [-0.4, -0.2) is 12.5 Å². The second-order valence-electron chi connectivity index (χ2n) is 3.92. The van der Waals surface area contributed by atoms with Gasteiger partial charge in [0.15, 0.2) is 6.61 Å². The monoisotopic (exact) mass is 368 g/mol. The summed E-state index contributed by atoms with van der Waals surface area (Å²) in [6.45, 7) is -0.0233. The standard InChI is InChI=1S/C14H13IN2O2/c15-10-2-1-3-13(8-10)19-9-14(18)17-12-6-4-11(16)5-7-12/h1-8H,9,16H2,(H,17,18). The quantitative estimate of drug-likeness (QED) is 0.645. The number of nitrogens with one attached hydrogen (secondary N) is 1. The Morgan fingerprint density at radius 3 is 2.63 bits per heavy atom. The van der Waals surface area contributed by atoms with Crippen molar-refractivity contribution in [1.82, 2.24) is 0 Å². The van der Waals surface area contributed by atoms with E-state index in [9.17, 15) is 4.79 Å². The molecule has 0 atom stereocenters. The van der Waals surface area contributed by atoms with Crippen molar-refractivity contribution < 1.29 is 9.53 Å². The summed E-state index contributed by atoms with van der Waals surface area (Å²) < 4.78 is 6.47. The second-order valence-corrected chi connectivity index (χ2v) is 5.16. The van der Waals surface area contributed by atoms with Gasteiger partial charge in [-0.2, -0.15) is 0 Å². The predicted octanol–water partition coefficient (Wildman–Crippen LogP) is 2.89. The molecular formula is C14H13IN2O2. The van der Waals surface area contributed by atoms with Gasteiger partial charge in [0.05, 0.1) is 0 Å². The summed E-state index contributed by atoms with van der Waals surface area (Å²) in [5.74, 6) is 0.475. The maximum atomic E-state index is 11.7. The molecule has 0 bridgehead atoms. The van der Waals surface area contributed by atoms with Crippen molar-refractivity contribution in [2.24, 2.45) is 0 Å². The summed E-state index contributed by atoms with van der Waals surface area (Å²) in [5, 5.41) is 2.73. The number of rotatable bonds is 4. The number of hydrogen-bond acceptors (Lipinski definition) is 3. The van der Waals surface area contributed by atoms with E-state index in [0.29, 0.717) is 17.1 Å². The number of anilines is 2. The van der Waals surface area contributed by atoms with Crippen molar-refractivity contribution in [3.8, 4) is 5.75 Å². The molecule has 0 saturated carbocycles. The molecule has 4 nitrogen and oxygen atoms in total. The molecule has 0 heterocycles. The minimum absolute atomic E-state index is 0.0233. The fourth-order valence-corrected chi connectivity index (χ4v) is 1.98. The molecule has 0 aliphatic heterocycles. The molecule has 0 aliphatic rings. The molecule has 0 spiro atoms. The van der Waals surface area contributed by atoms with E-state index in [4.69, 9.17) is 10.5 Å². The molecule has 98 valence electrons. The summed E-state index contributed by atoms with van der Waals surface area (Å²) >= 11 is 2.19. The summed E-state index contributed by atoms with van der Waals surface area (Å²) in [7, 11) is 0. The predicted molar refractivity (Wildman–Crippen MR) is 84.1 cm³/mol. The summed E-state index contributed by atoms with van der Waals surface area (Å²) in [6, 6.07) is 14.5. The molecule has 5 heteroatoms. The van der Waals surface area contributed by atoms with Gasteiger partial charge in [-0.05, 0) is 65.1 Å². The van der Waals surface area contributed by atoms with E-state index in [1.165, 1.54) is 0 Å². The number of carbonyl (C=O) groups is 1. The van der Waals surface area contributed by atoms with Crippen molar-refractivity contribution >= 4 is 39.9 Å². The summed E-state index contributed by atoms with van der Waals surface area (Å²) in [6.07, 6.45) is 0. The van der Waals surface area contributed by atoms with Gasteiger partial charge in [0.2, 0.25) is 0 Å². The first-order valence-corrected chi connectivity index (χ1v) is 6.75. The van der Waals surface area contributed by atoms with Crippen LogP contribution in [0.3, 0.4) is 0 Å². The number of amides is 1. The molecule has 2 aromatic rings. The second kappa shape index (κ2) is 6.42. The maximum absolute atomic E-state index is 11.7. The third-order valence-corrected chi connectivity index (χ3v) is 3.03. The third kappa shape index (κ3) is 4.44. The Morgan fingerprint density at radius 1 is 1.21 bits per heavy atom. The van der Waals surface area contributed by atoms with E-state index in [1.807, 2.05) is 24.3 Å². The van der Waals surface area contributed by atoms with E-state index in [0.717, 1.165) is 3.57 Å². The Hall–Kier alpha value is -1.76. The molecule has 0 saturated heterocycles. The molecule has 0 unspecified atom stereocenters. The first-order chi connectivity index (χ1) is 9.13. The van der Waals surface area contributed by atoms with Gasteiger partial charge in [-0.15, -0.1) is 0 Å². The van der Waals surface area contributed by atoms with Crippen LogP contribution < -0.4 is 15.8 Å². The number of carbonyl (C=O) groups excluding carboxylic acids is 1. The van der Waals surface area contributed by atoms with Crippen molar-refractivity contribution in [2.75, 3.05) is 17.7 Å². The first-order valence-electron chi connectivity index (χ1n) is 5.67. The van der Waals surface area contributed by atoms with Crippen molar-refractivity contribution in [3.63, 3.8) is 0 Å². The molecule has 0 aromatic heterocycles. The highest BCUT2D eigenvalue weighted by molar-refractivity contribution is 14.1. The van der Waals surface area contributed by atoms with Crippen LogP contribution in [0.4, 0.5) is 11.4 Å². The number of ether oxygens (including phenoxy) is 1. The third-order valence-electron chi connectivity index (χ3n) is 2.36. The van der Waals surface area contributed by atoms with Crippen LogP contribution in [-0.2, 0) is 4.79 Å². The number of nitrogen functional groups attached to an aromatic ring is 1. The number of nitrogens with two attached hydrogens (primary N) is 1. The average Bonchev–Trinajstić information content (AvgIpc) is 2.39. The lowest BCUT2D eigenvalue weighted by Gasteiger charge is -2.08. The molecule has 2 aromatic carbocycles. The van der Waals surface area contributed by atoms with Gasteiger partial charge in [0.1, 0.15) is 5.75 Å². The Bertz CT molecular complexity index is 570. The Balaban J connectivity index is 1.86. The largest absolute Gasteiger partial charge is 0.484 e. The topological polar surface area (TPSA) is 64.3 Å². The lowest BCUT2D eigenvalue weighted by atomic mass is 10.3. The zero-order valence-corrected chi connectivity index (χ0v) is 12.3. The van der Waals surface area contributed by atoms with Gasteiger partial charge in [-0.25, -0.2) is 0 Å². The highest BCUT2D eigenvalue weighted by Gasteiger charge is 2.03. The van der Waals surface area contributed by atoms with E-state index in [1.54, 1.807) is 24.3 Å². The molecule has 0 fully saturated rings. The van der Waals surface area contributed by atoms with Gasteiger partial charge in [0.25, 0.3) is 5.91 Å². The minimum Gasteiger partial charge on any atom is -0.484 e. The normalized spacial score (nSPS) is 9.95. The van der Waals surface area contributed by atoms with Gasteiger partial charge in [0, 0.05) is 14.9 Å². The molecule has 19 heavy (non-hydrogen) atoms. The lowest BCUT2D eigenvalue weighted by molar-refractivity contribution is -0.118. The first kappa shape index (κ1) is 13.7. The Labute approximate surface area is 125 Å². The zero-order chi connectivity index (χ0) is 13.7. The Morgan fingerprint density at radius 2 is 1.95 bits per heavy atom. The van der Waals surface area contributed by atoms with Crippen LogP contribution in [0.2, 0.25) is 0 Å². The van der Waals surface area contributed by atoms with Crippen LogP contribution in [0.15, 0.2) is 48.5 Å². The molecule has 0 radical (unpaired) electrons. The van der Waals surface area contributed by atoms with Crippen molar-refractivity contribution in [1.29, 1.82) is 0 Å². The van der Waals surface area contributed by atoms with Gasteiger partial charge in [-0.3, -0.25) is 4.79 Å². The number of hydrogen-bond donors (Lipinski definition) is 2. The zero-order valence-electron chi connectivity index (χ0n) is 10.1. The number of benzene rings is 2. The molecule has 1 amide bonds. The molecule has 0 aliphatic carbocycles. The van der Waals surface area contributed by atoms with Crippen molar-refractivity contribution in [2.45, 2.75) is 0 Å². The molecule has 3 N–H and O–H groups in total. The summed E-state index contributed by atoms with van der Waals surface area (Å²) in [4.78, 5) is 11.7. The highest BCUT2D eigenvalue weighted by atomic mass is 127. The van der Waals surface area contributed by atoms with E-state index < -0.39 is 0 Å². The smallest absolute Gasteiger partial charge is 0.262 e. The van der Waals surface area contributed by atoms with Gasteiger partial charge in [-0.1, -0.05) is 6.07 Å². The van der Waals surface area contributed by atoms with Crippen molar-refractivity contribution in [3.05, 3.63) is 52.1 Å². The van der Waals surface area contributed by atoms with E-state index in [2.05, 4.69) is 27.9 Å². The van der Waals surface area contributed by atoms with Gasteiger partial charge >= 0.3 is 0 Å². The van der Waals surface area contributed by atoms with E-state index >= 15 is 0 Å². The van der Waals surface area contributed by atoms with Crippen LogP contribution in [0.5, 0.6) is 5.75 Å². The molecule has 2 rings (SSSR count). The highest BCUT2D eigenvalue weighted by Crippen LogP contribution is 2.15. The summed E-state index contributed by atoms with van der Waals surface area (Å²) in [5.41, 5.74) is 6.93. The lowest BCUT2D eigenvalue weighted by Crippen LogP contribution is -2.20. The SMILES string of the molecule is Nc1ccc(NC(=O)COc2cccc(I)c2)cc1. The maximum Gasteiger partial charge on any atom is 0.262 e. The van der Waals surface area contributed by atoms with Gasteiger partial charge < -0.3 is 15.8 Å². The fraction of sp³-hybridized carbons (Fsp3) is 0.0714. The average molecular weight is 368 g/mol. The minimum atomic E-state index is -0.205. The molecular weight excluding hydrogens is 355 g/mol. The van der Waals surface area contributed by atoms with Crippen LogP contribution in [0.1, 0.15) is 0 Å². The van der Waals surface area contributed by atoms with E-state index in [-0.39, 0.29) is 12.5 Å². The van der Waals surface area contributed by atoms with Crippen LogP contribution >= 0.6 is 22.6 Å². The number of halogens is 1.